The van der Waals surface area contributed by atoms with Gasteiger partial charge in [0.05, 0.1) is 15.6 Å². The Bertz CT molecular complexity index is 1120. The Morgan fingerprint density at radius 3 is 2.19 bits per heavy atom. The SMILES string of the molecule is CCS(=O)(=O)c1cc([N+](=O)[O-])c(C(=O)N2CCN(C)CC2)cc1C(=O)c1ccccc1. The van der Waals surface area contributed by atoms with Gasteiger partial charge in [0.2, 0.25) is 0 Å². The molecule has 164 valence electrons. The smallest absolute Gasteiger partial charge is 0.283 e. The van der Waals surface area contributed by atoms with Gasteiger partial charge in [-0.15, -0.1) is 0 Å². The third-order valence-electron chi connectivity index (χ3n) is 5.31. The summed E-state index contributed by atoms with van der Waals surface area (Å²) in [5.41, 5.74) is -0.928. The maximum atomic E-state index is 13.1. The summed E-state index contributed by atoms with van der Waals surface area (Å²) in [5, 5.41) is 11.7. The normalized spacial score (nSPS) is 15.0. The Balaban J connectivity index is 2.20. The lowest BCUT2D eigenvalue weighted by atomic mass is 9.99. The molecular weight excluding hydrogens is 422 g/mol. The second kappa shape index (κ2) is 8.94. The number of nitro groups is 1. The van der Waals surface area contributed by atoms with E-state index in [1.165, 1.54) is 24.0 Å². The van der Waals surface area contributed by atoms with Crippen molar-refractivity contribution < 1.29 is 22.9 Å². The van der Waals surface area contributed by atoms with Gasteiger partial charge < -0.3 is 9.80 Å². The molecule has 1 aliphatic rings. The molecule has 0 spiro atoms. The van der Waals surface area contributed by atoms with Crippen molar-refractivity contribution in [1.29, 1.82) is 0 Å². The van der Waals surface area contributed by atoms with Gasteiger partial charge in [0.25, 0.3) is 11.6 Å². The molecule has 1 heterocycles. The third kappa shape index (κ3) is 4.64. The lowest BCUT2D eigenvalue weighted by Gasteiger charge is -2.32. The van der Waals surface area contributed by atoms with Gasteiger partial charge >= 0.3 is 0 Å². The largest absolute Gasteiger partial charge is 0.336 e. The highest BCUT2D eigenvalue weighted by Crippen LogP contribution is 2.30. The zero-order valence-corrected chi connectivity index (χ0v) is 18.1. The van der Waals surface area contributed by atoms with Crippen molar-refractivity contribution >= 4 is 27.2 Å². The maximum absolute atomic E-state index is 13.1. The Kier molecular flexibility index (Phi) is 6.51. The second-order valence-corrected chi connectivity index (χ2v) is 9.56. The number of sulfone groups is 1. The molecule has 1 aliphatic heterocycles. The van der Waals surface area contributed by atoms with Crippen LogP contribution in [0.1, 0.15) is 33.2 Å². The van der Waals surface area contributed by atoms with Gasteiger partial charge in [-0.3, -0.25) is 19.7 Å². The van der Waals surface area contributed by atoms with Crippen LogP contribution in [0.3, 0.4) is 0 Å². The molecule has 0 N–H and O–H groups in total. The van der Waals surface area contributed by atoms with Gasteiger partial charge in [-0.1, -0.05) is 37.3 Å². The van der Waals surface area contributed by atoms with Crippen LogP contribution >= 0.6 is 0 Å². The Morgan fingerprint density at radius 2 is 1.65 bits per heavy atom. The summed E-state index contributed by atoms with van der Waals surface area (Å²) in [5.74, 6) is -1.55. The average Bonchev–Trinajstić information content (AvgIpc) is 2.78. The van der Waals surface area contributed by atoms with Crippen LogP contribution in [-0.2, 0) is 9.84 Å². The first-order valence-corrected chi connectivity index (χ1v) is 11.4. The number of hydrogen-bond acceptors (Lipinski definition) is 7. The molecule has 0 aromatic heterocycles. The molecule has 1 fully saturated rings. The lowest BCUT2D eigenvalue weighted by Crippen LogP contribution is -2.47. The summed E-state index contributed by atoms with van der Waals surface area (Å²) in [6, 6.07) is 9.92. The highest BCUT2D eigenvalue weighted by Gasteiger charge is 2.33. The van der Waals surface area contributed by atoms with Crippen LogP contribution in [0.4, 0.5) is 5.69 Å². The molecule has 0 saturated carbocycles. The van der Waals surface area contributed by atoms with Crippen LogP contribution in [0.15, 0.2) is 47.4 Å². The van der Waals surface area contributed by atoms with E-state index in [-0.39, 0.29) is 22.4 Å². The van der Waals surface area contributed by atoms with Crippen molar-refractivity contribution in [2.24, 2.45) is 0 Å². The van der Waals surface area contributed by atoms with Crippen molar-refractivity contribution in [3.63, 3.8) is 0 Å². The van der Waals surface area contributed by atoms with Crippen molar-refractivity contribution in [2.45, 2.75) is 11.8 Å². The summed E-state index contributed by atoms with van der Waals surface area (Å²) in [7, 11) is -2.06. The number of nitrogens with zero attached hydrogens (tertiary/aromatic N) is 3. The van der Waals surface area contributed by atoms with Crippen LogP contribution < -0.4 is 0 Å². The molecule has 2 aromatic rings. The van der Waals surface area contributed by atoms with E-state index in [4.69, 9.17) is 0 Å². The van der Waals surface area contributed by atoms with E-state index in [1.807, 2.05) is 11.9 Å². The number of nitro benzene ring substituents is 1. The molecule has 0 radical (unpaired) electrons. The Hall–Kier alpha value is -3.11. The average molecular weight is 445 g/mol. The number of carbonyl (C=O) groups is 2. The van der Waals surface area contributed by atoms with E-state index in [1.54, 1.807) is 18.2 Å². The van der Waals surface area contributed by atoms with Crippen LogP contribution in [0, 0.1) is 10.1 Å². The van der Waals surface area contributed by atoms with Crippen molar-refractivity contribution in [1.82, 2.24) is 9.80 Å². The number of likely N-dealkylation sites (N-methyl/N-ethyl adjacent to an activating group) is 1. The number of hydrogen-bond donors (Lipinski definition) is 0. The van der Waals surface area contributed by atoms with Gasteiger partial charge in [0, 0.05) is 43.4 Å². The van der Waals surface area contributed by atoms with Crippen LogP contribution in [-0.4, -0.2) is 73.8 Å². The molecule has 1 amide bonds. The zero-order chi connectivity index (χ0) is 22.8. The molecule has 9 nitrogen and oxygen atoms in total. The van der Waals surface area contributed by atoms with Crippen molar-refractivity contribution in [3.8, 4) is 0 Å². The van der Waals surface area contributed by atoms with Crippen molar-refractivity contribution in [3.05, 3.63) is 69.3 Å². The van der Waals surface area contributed by atoms with E-state index in [2.05, 4.69) is 0 Å². The summed E-state index contributed by atoms with van der Waals surface area (Å²) in [6.45, 7) is 3.36. The van der Waals surface area contributed by atoms with Gasteiger partial charge in [-0.25, -0.2) is 8.42 Å². The molecule has 0 atom stereocenters. The molecule has 10 heteroatoms. The van der Waals surface area contributed by atoms with Crippen molar-refractivity contribution in [2.75, 3.05) is 39.0 Å². The highest BCUT2D eigenvalue weighted by atomic mass is 32.2. The topological polar surface area (TPSA) is 118 Å². The summed E-state index contributed by atoms with van der Waals surface area (Å²) in [4.78, 5) is 40.3. The summed E-state index contributed by atoms with van der Waals surface area (Å²) >= 11 is 0. The summed E-state index contributed by atoms with van der Waals surface area (Å²) in [6.07, 6.45) is 0. The Labute approximate surface area is 180 Å². The lowest BCUT2D eigenvalue weighted by molar-refractivity contribution is -0.385. The van der Waals surface area contributed by atoms with Crippen LogP contribution in [0.5, 0.6) is 0 Å². The van der Waals surface area contributed by atoms with Crippen LogP contribution in [0.25, 0.3) is 0 Å². The van der Waals surface area contributed by atoms with Gasteiger partial charge in [-0.2, -0.15) is 0 Å². The molecule has 2 aromatic carbocycles. The monoisotopic (exact) mass is 445 g/mol. The van der Waals surface area contributed by atoms with Gasteiger partial charge in [0.15, 0.2) is 15.6 Å². The van der Waals surface area contributed by atoms with Gasteiger partial charge in [-0.05, 0) is 13.1 Å². The quantitative estimate of drug-likeness (QED) is 0.379. The minimum absolute atomic E-state index is 0.224. The molecule has 0 bridgehead atoms. The first kappa shape index (κ1) is 22.6. The van der Waals surface area contributed by atoms with Crippen LogP contribution in [0.2, 0.25) is 0 Å². The van der Waals surface area contributed by atoms with E-state index < -0.39 is 37.0 Å². The first-order valence-electron chi connectivity index (χ1n) is 9.78. The second-order valence-electron chi connectivity index (χ2n) is 7.32. The highest BCUT2D eigenvalue weighted by molar-refractivity contribution is 7.91. The molecule has 3 rings (SSSR count). The van der Waals surface area contributed by atoms with E-state index in [9.17, 15) is 28.1 Å². The molecule has 1 saturated heterocycles. The molecular formula is C21H23N3O6S. The fourth-order valence-electron chi connectivity index (χ4n) is 3.41. The predicted octanol–water partition coefficient (Wildman–Crippen LogP) is 2.01. The maximum Gasteiger partial charge on any atom is 0.283 e. The minimum atomic E-state index is -3.97. The zero-order valence-electron chi connectivity index (χ0n) is 17.3. The predicted molar refractivity (Wildman–Crippen MR) is 114 cm³/mol. The van der Waals surface area contributed by atoms with E-state index in [0.29, 0.717) is 26.2 Å². The standard InChI is InChI=1S/C21H23N3O6S/c1-3-31(29,30)19-14-18(24(27)28)16(21(26)23-11-9-22(2)10-12-23)13-17(19)20(25)15-7-5-4-6-8-15/h4-8,13-14H,3,9-12H2,1-2H3. The molecule has 31 heavy (non-hydrogen) atoms. The third-order valence-corrected chi connectivity index (χ3v) is 7.08. The van der Waals surface area contributed by atoms with Gasteiger partial charge in [0.1, 0.15) is 5.56 Å². The number of benzene rings is 2. The number of carbonyl (C=O) groups excluding carboxylic acids is 2. The number of piperazine rings is 1. The number of ketones is 1. The number of amides is 1. The summed E-state index contributed by atoms with van der Waals surface area (Å²) < 4.78 is 25.4. The van der Waals surface area contributed by atoms with E-state index >= 15 is 0 Å². The number of rotatable bonds is 6. The minimum Gasteiger partial charge on any atom is -0.336 e. The molecule has 0 unspecified atom stereocenters. The fraction of sp³-hybridized carbons (Fsp3) is 0.333. The molecule has 0 aliphatic carbocycles. The first-order chi connectivity index (χ1) is 14.7. The van der Waals surface area contributed by atoms with E-state index in [0.717, 1.165) is 12.1 Å². The Morgan fingerprint density at radius 1 is 1.03 bits per heavy atom. The fourth-order valence-corrected chi connectivity index (χ4v) is 4.50.